The van der Waals surface area contributed by atoms with E-state index in [0.717, 1.165) is 6.07 Å². The third kappa shape index (κ3) is 3.03. The van der Waals surface area contributed by atoms with Gasteiger partial charge in [-0.15, -0.1) is 0 Å². The van der Waals surface area contributed by atoms with Crippen molar-refractivity contribution in [1.82, 2.24) is 0 Å². The smallest absolute Gasteiger partial charge is 0.271 e. The van der Waals surface area contributed by atoms with Crippen LogP contribution in [0.2, 0.25) is 0 Å². The lowest BCUT2D eigenvalue weighted by atomic mass is 10.1. The Bertz CT molecular complexity index is 646. The van der Waals surface area contributed by atoms with Crippen molar-refractivity contribution in [2.45, 2.75) is 13.0 Å². The van der Waals surface area contributed by atoms with Crippen LogP contribution < -0.4 is 5.32 Å². The van der Waals surface area contributed by atoms with Crippen LogP contribution in [-0.2, 0) is 0 Å². The first-order chi connectivity index (χ1) is 9.47. The zero-order chi connectivity index (χ0) is 14.7. The minimum atomic E-state index is -0.532. The molecule has 0 saturated carbocycles. The zero-order valence-electron chi connectivity index (χ0n) is 10.7. The second kappa shape index (κ2) is 5.56. The van der Waals surface area contributed by atoms with Gasteiger partial charge in [-0.05, 0) is 19.1 Å². The summed E-state index contributed by atoms with van der Waals surface area (Å²) in [7, 11) is 0. The quantitative estimate of drug-likeness (QED) is 0.660. The standard InChI is InChI=1S/C14H13FN2O3/c1-9(13-6-5-12(18)8-14(13)15)16-10-3-2-4-11(7-10)17(19)20/h2-9,16,18H,1H3. The molecular formula is C14H13FN2O3. The van der Waals surface area contributed by atoms with Gasteiger partial charge in [-0.1, -0.05) is 12.1 Å². The Kier molecular flexibility index (Phi) is 3.84. The molecule has 2 aromatic carbocycles. The largest absolute Gasteiger partial charge is 0.508 e. The molecule has 5 nitrogen and oxygen atoms in total. The number of nitrogens with zero attached hydrogens (tertiary/aromatic N) is 1. The molecule has 0 spiro atoms. The lowest BCUT2D eigenvalue weighted by molar-refractivity contribution is -0.384. The third-order valence-corrected chi connectivity index (χ3v) is 2.89. The maximum Gasteiger partial charge on any atom is 0.271 e. The van der Waals surface area contributed by atoms with E-state index in [1.807, 2.05) is 0 Å². The Labute approximate surface area is 114 Å². The van der Waals surface area contributed by atoms with Crippen LogP contribution in [0, 0.1) is 15.9 Å². The van der Waals surface area contributed by atoms with Crippen LogP contribution in [0.4, 0.5) is 15.8 Å². The number of nitro groups is 1. The fourth-order valence-corrected chi connectivity index (χ4v) is 1.90. The van der Waals surface area contributed by atoms with Crippen LogP contribution in [-0.4, -0.2) is 10.0 Å². The molecule has 0 bridgehead atoms. The molecule has 1 unspecified atom stereocenters. The predicted molar refractivity (Wildman–Crippen MR) is 73.2 cm³/mol. The van der Waals surface area contributed by atoms with Crippen LogP contribution in [0.15, 0.2) is 42.5 Å². The fourth-order valence-electron chi connectivity index (χ4n) is 1.90. The highest BCUT2D eigenvalue weighted by Crippen LogP contribution is 2.25. The molecule has 2 N–H and O–H groups in total. The first kappa shape index (κ1) is 13.8. The Morgan fingerprint density at radius 1 is 1.30 bits per heavy atom. The number of anilines is 1. The van der Waals surface area contributed by atoms with Gasteiger partial charge in [0.1, 0.15) is 11.6 Å². The van der Waals surface area contributed by atoms with E-state index in [4.69, 9.17) is 0 Å². The molecule has 0 aliphatic rings. The average molecular weight is 276 g/mol. The number of nitrogens with one attached hydrogen (secondary N) is 1. The number of phenolic OH excluding ortho intramolecular Hbond substituents is 1. The topological polar surface area (TPSA) is 75.4 Å². The van der Waals surface area contributed by atoms with Gasteiger partial charge in [0.25, 0.3) is 5.69 Å². The Morgan fingerprint density at radius 2 is 2.05 bits per heavy atom. The number of rotatable bonds is 4. The van der Waals surface area contributed by atoms with Crippen LogP contribution in [0.25, 0.3) is 0 Å². The molecule has 0 amide bonds. The summed E-state index contributed by atoms with van der Waals surface area (Å²) in [5.41, 5.74) is 0.863. The molecule has 2 rings (SSSR count). The summed E-state index contributed by atoms with van der Waals surface area (Å²) in [5, 5.41) is 22.8. The summed E-state index contributed by atoms with van der Waals surface area (Å²) >= 11 is 0. The van der Waals surface area contributed by atoms with Crippen LogP contribution in [0.1, 0.15) is 18.5 Å². The molecule has 0 radical (unpaired) electrons. The van der Waals surface area contributed by atoms with E-state index < -0.39 is 16.8 Å². The first-order valence-electron chi connectivity index (χ1n) is 5.97. The van der Waals surface area contributed by atoms with Crippen molar-refractivity contribution in [2.75, 3.05) is 5.32 Å². The van der Waals surface area contributed by atoms with Crippen molar-refractivity contribution in [1.29, 1.82) is 0 Å². The molecule has 6 heteroatoms. The van der Waals surface area contributed by atoms with Crippen LogP contribution >= 0.6 is 0 Å². The van der Waals surface area contributed by atoms with E-state index in [0.29, 0.717) is 11.3 Å². The van der Waals surface area contributed by atoms with E-state index in [1.54, 1.807) is 19.1 Å². The van der Waals surface area contributed by atoms with Crippen molar-refractivity contribution in [3.8, 4) is 5.75 Å². The molecule has 0 saturated heterocycles. The van der Waals surface area contributed by atoms with Crippen molar-refractivity contribution in [2.24, 2.45) is 0 Å². The van der Waals surface area contributed by atoms with Crippen LogP contribution in [0.3, 0.4) is 0 Å². The number of nitro benzene ring substituents is 1. The number of phenols is 1. The lowest BCUT2D eigenvalue weighted by Gasteiger charge is -2.16. The normalized spacial score (nSPS) is 11.9. The minimum absolute atomic E-state index is 0.0339. The maximum atomic E-state index is 13.7. The highest BCUT2D eigenvalue weighted by molar-refractivity contribution is 5.52. The third-order valence-electron chi connectivity index (χ3n) is 2.89. The van der Waals surface area contributed by atoms with Crippen molar-refractivity contribution in [3.63, 3.8) is 0 Å². The fraction of sp³-hybridized carbons (Fsp3) is 0.143. The van der Waals surface area contributed by atoms with E-state index >= 15 is 0 Å². The first-order valence-corrected chi connectivity index (χ1v) is 5.97. The second-order valence-corrected chi connectivity index (χ2v) is 4.38. The molecule has 0 aliphatic carbocycles. The Morgan fingerprint density at radius 3 is 2.70 bits per heavy atom. The van der Waals surface area contributed by atoms with Gasteiger partial charge in [-0.2, -0.15) is 0 Å². The minimum Gasteiger partial charge on any atom is -0.508 e. The second-order valence-electron chi connectivity index (χ2n) is 4.38. The van der Waals surface area contributed by atoms with Gasteiger partial charge in [-0.25, -0.2) is 4.39 Å². The molecular weight excluding hydrogens is 263 g/mol. The number of non-ortho nitro benzene ring substituents is 1. The Hall–Kier alpha value is -2.63. The van der Waals surface area contributed by atoms with Gasteiger partial charge in [0.2, 0.25) is 0 Å². The number of benzene rings is 2. The summed E-state index contributed by atoms with van der Waals surface area (Å²) < 4.78 is 13.7. The van der Waals surface area contributed by atoms with Gasteiger partial charge in [-0.3, -0.25) is 10.1 Å². The summed E-state index contributed by atoms with van der Waals surface area (Å²) in [5.74, 6) is -0.677. The summed E-state index contributed by atoms with van der Waals surface area (Å²) in [4.78, 5) is 10.2. The number of aromatic hydroxyl groups is 1. The Balaban J connectivity index is 2.21. The van der Waals surface area contributed by atoms with E-state index in [2.05, 4.69) is 5.32 Å². The lowest BCUT2D eigenvalue weighted by Crippen LogP contribution is -2.08. The van der Waals surface area contributed by atoms with E-state index in [1.165, 1.54) is 24.3 Å². The predicted octanol–water partition coefficient (Wildman–Crippen LogP) is 3.61. The molecule has 104 valence electrons. The maximum absolute atomic E-state index is 13.7. The molecule has 2 aromatic rings. The van der Waals surface area contributed by atoms with Gasteiger partial charge in [0, 0.05) is 29.4 Å². The van der Waals surface area contributed by atoms with Gasteiger partial charge in [0.05, 0.1) is 11.0 Å². The van der Waals surface area contributed by atoms with E-state index in [-0.39, 0.29) is 11.4 Å². The zero-order valence-corrected chi connectivity index (χ0v) is 10.7. The number of halogens is 1. The summed E-state index contributed by atoms with van der Waals surface area (Å²) in [6, 6.07) is 9.50. The average Bonchev–Trinajstić information content (AvgIpc) is 2.38. The van der Waals surface area contributed by atoms with Gasteiger partial charge < -0.3 is 10.4 Å². The highest BCUT2D eigenvalue weighted by Gasteiger charge is 2.13. The summed E-state index contributed by atoms with van der Waals surface area (Å²) in [6.07, 6.45) is 0. The molecule has 0 heterocycles. The molecule has 20 heavy (non-hydrogen) atoms. The molecule has 0 aliphatic heterocycles. The van der Waals surface area contributed by atoms with E-state index in [9.17, 15) is 19.6 Å². The van der Waals surface area contributed by atoms with Gasteiger partial charge in [0.15, 0.2) is 0 Å². The highest BCUT2D eigenvalue weighted by atomic mass is 19.1. The summed E-state index contributed by atoms with van der Waals surface area (Å²) in [6.45, 7) is 1.73. The molecule has 1 atom stereocenters. The van der Waals surface area contributed by atoms with Crippen LogP contribution in [0.5, 0.6) is 5.75 Å². The van der Waals surface area contributed by atoms with Crippen molar-refractivity contribution < 1.29 is 14.4 Å². The number of hydrogen-bond acceptors (Lipinski definition) is 4. The van der Waals surface area contributed by atoms with Gasteiger partial charge >= 0.3 is 0 Å². The molecule has 0 fully saturated rings. The van der Waals surface area contributed by atoms with Crippen molar-refractivity contribution in [3.05, 3.63) is 64.0 Å². The number of hydrogen-bond donors (Lipinski definition) is 2. The van der Waals surface area contributed by atoms with Crippen molar-refractivity contribution >= 4 is 11.4 Å². The SMILES string of the molecule is CC(Nc1cccc([N+](=O)[O-])c1)c1ccc(O)cc1F. The monoisotopic (exact) mass is 276 g/mol. The molecule has 0 aromatic heterocycles.